The average Bonchev–Trinajstić information content (AvgIpc) is 3.03. The Kier molecular flexibility index (Phi) is 34.2. The van der Waals surface area contributed by atoms with Gasteiger partial charge in [-0.2, -0.15) is 0 Å². The lowest BCUT2D eigenvalue weighted by molar-refractivity contribution is -0.161. The predicted molar refractivity (Wildman–Crippen MR) is 193 cm³/mol. The standard InChI is InChI=1S/C38H75O8P/c1-3-5-7-9-11-13-14-15-16-17-18-19-20-21-22-23-25-26-28-30-32-37(39)44-34-36(35-45-47(41,42)43)46-38(40)33-31-29-27-24-12-10-8-6-4-2/h36H,3-35H2,1-2H3,(H2,41,42,43)/t36-/m1/s1. The van der Waals surface area contributed by atoms with Crippen LogP contribution in [0, 0.1) is 0 Å². The summed E-state index contributed by atoms with van der Waals surface area (Å²) in [6.07, 6.45) is 35.6. The molecule has 0 aromatic heterocycles. The van der Waals surface area contributed by atoms with Crippen molar-refractivity contribution in [1.29, 1.82) is 0 Å². The molecule has 0 radical (unpaired) electrons. The molecule has 0 bridgehead atoms. The molecule has 2 N–H and O–H groups in total. The van der Waals surface area contributed by atoms with E-state index in [9.17, 15) is 14.2 Å². The molecular formula is C38H75O8P. The van der Waals surface area contributed by atoms with Crippen LogP contribution in [-0.2, 0) is 28.2 Å². The Morgan fingerprint density at radius 2 is 0.766 bits per heavy atom. The van der Waals surface area contributed by atoms with Crippen molar-refractivity contribution in [2.24, 2.45) is 0 Å². The van der Waals surface area contributed by atoms with Crippen LogP contribution < -0.4 is 0 Å². The molecule has 9 heteroatoms. The number of carbonyl (C=O) groups excluding carboxylic acids is 2. The smallest absolute Gasteiger partial charge is 0.462 e. The van der Waals surface area contributed by atoms with Gasteiger partial charge in [-0.15, -0.1) is 0 Å². The van der Waals surface area contributed by atoms with Crippen LogP contribution in [0.1, 0.15) is 213 Å². The summed E-state index contributed by atoms with van der Waals surface area (Å²) in [6, 6.07) is 0. The van der Waals surface area contributed by atoms with Gasteiger partial charge in [0.15, 0.2) is 6.10 Å². The minimum absolute atomic E-state index is 0.218. The minimum Gasteiger partial charge on any atom is -0.462 e. The molecule has 0 amide bonds. The van der Waals surface area contributed by atoms with Crippen molar-refractivity contribution < 1.29 is 37.9 Å². The Balaban J connectivity index is 3.79. The fraction of sp³-hybridized carbons (Fsp3) is 0.947. The first-order valence-electron chi connectivity index (χ1n) is 19.8. The molecule has 0 saturated carbocycles. The molecule has 0 unspecified atom stereocenters. The second-order valence-corrected chi connectivity index (χ2v) is 14.9. The van der Waals surface area contributed by atoms with Crippen molar-refractivity contribution in [3.05, 3.63) is 0 Å². The van der Waals surface area contributed by atoms with Gasteiger partial charge in [0.05, 0.1) is 6.61 Å². The van der Waals surface area contributed by atoms with E-state index < -0.39 is 32.5 Å². The van der Waals surface area contributed by atoms with Crippen LogP contribution in [0.3, 0.4) is 0 Å². The number of esters is 2. The molecule has 0 fully saturated rings. The summed E-state index contributed by atoms with van der Waals surface area (Å²) in [5.41, 5.74) is 0. The van der Waals surface area contributed by atoms with Gasteiger partial charge >= 0.3 is 19.8 Å². The number of ether oxygens (including phenoxy) is 2. The average molecular weight is 691 g/mol. The zero-order valence-corrected chi connectivity index (χ0v) is 31.6. The lowest BCUT2D eigenvalue weighted by Gasteiger charge is -2.18. The molecule has 0 aromatic rings. The molecule has 0 aliphatic carbocycles. The molecule has 1 atom stereocenters. The topological polar surface area (TPSA) is 119 Å². The highest BCUT2D eigenvalue weighted by atomic mass is 31.2. The van der Waals surface area contributed by atoms with Gasteiger partial charge in [-0.3, -0.25) is 14.1 Å². The number of unbranched alkanes of at least 4 members (excludes halogenated alkanes) is 27. The van der Waals surface area contributed by atoms with E-state index in [4.69, 9.17) is 19.3 Å². The van der Waals surface area contributed by atoms with E-state index in [1.54, 1.807) is 0 Å². The van der Waals surface area contributed by atoms with Gasteiger partial charge in [0.2, 0.25) is 0 Å². The van der Waals surface area contributed by atoms with Crippen molar-refractivity contribution in [1.82, 2.24) is 0 Å². The van der Waals surface area contributed by atoms with Crippen molar-refractivity contribution in [2.45, 2.75) is 219 Å². The van der Waals surface area contributed by atoms with Crippen molar-refractivity contribution >= 4 is 19.8 Å². The fourth-order valence-corrected chi connectivity index (χ4v) is 6.26. The Morgan fingerprint density at radius 1 is 0.468 bits per heavy atom. The highest BCUT2D eigenvalue weighted by Gasteiger charge is 2.22. The summed E-state index contributed by atoms with van der Waals surface area (Å²) >= 11 is 0. The molecule has 0 rings (SSSR count). The van der Waals surface area contributed by atoms with Crippen LogP contribution in [0.2, 0.25) is 0 Å². The van der Waals surface area contributed by atoms with Crippen LogP contribution in [-0.4, -0.2) is 41.0 Å². The first-order chi connectivity index (χ1) is 22.8. The number of hydrogen-bond donors (Lipinski definition) is 2. The maximum absolute atomic E-state index is 12.3. The fourth-order valence-electron chi connectivity index (χ4n) is 5.90. The monoisotopic (exact) mass is 691 g/mol. The van der Waals surface area contributed by atoms with Crippen LogP contribution in [0.15, 0.2) is 0 Å². The van der Waals surface area contributed by atoms with E-state index >= 15 is 0 Å². The van der Waals surface area contributed by atoms with Gasteiger partial charge in [0.25, 0.3) is 0 Å². The maximum Gasteiger partial charge on any atom is 0.469 e. The zero-order chi connectivity index (χ0) is 34.7. The van der Waals surface area contributed by atoms with Crippen molar-refractivity contribution in [2.75, 3.05) is 13.2 Å². The number of phosphoric acid groups is 1. The largest absolute Gasteiger partial charge is 0.469 e. The zero-order valence-electron chi connectivity index (χ0n) is 30.7. The third-order valence-corrected chi connectivity index (χ3v) is 9.36. The highest BCUT2D eigenvalue weighted by molar-refractivity contribution is 7.46. The summed E-state index contributed by atoms with van der Waals surface area (Å²) < 4.78 is 26.3. The number of carbonyl (C=O) groups is 2. The molecular weight excluding hydrogens is 615 g/mol. The van der Waals surface area contributed by atoms with Gasteiger partial charge in [-0.1, -0.05) is 187 Å². The van der Waals surface area contributed by atoms with E-state index in [1.807, 2.05) is 0 Å². The van der Waals surface area contributed by atoms with Crippen molar-refractivity contribution in [3.8, 4) is 0 Å². The predicted octanol–water partition coefficient (Wildman–Crippen LogP) is 11.7. The van der Waals surface area contributed by atoms with Gasteiger partial charge in [-0.05, 0) is 12.8 Å². The van der Waals surface area contributed by atoms with Gasteiger partial charge in [0.1, 0.15) is 6.61 Å². The first kappa shape index (κ1) is 46.0. The second kappa shape index (κ2) is 34.9. The van der Waals surface area contributed by atoms with Gasteiger partial charge in [0, 0.05) is 12.8 Å². The van der Waals surface area contributed by atoms with Crippen molar-refractivity contribution in [3.63, 3.8) is 0 Å². The molecule has 0 aromatic carbocycles. The van der Waals surface area contributed by atoms with E-state index in [2.05, 4.69) is 18.4 Å². The Hall–Kier alpha value is -0.950. The van der Waals surface area contributed by atoms with Crippen LogP contribution in [0.4, 0.5) is 0 Å². The molecule has 0 aliphatic heterocycles. The van der Waals surface area contributed by atoms with Crippen LogP contribution in [0.5, 0.6) is 0 Å². The van der Waals surface area contributed by atoms with Gasteiger partial charge in [-0.25, -0.2) is 4.57 Å². The molecule has 47 heavy (non-hydrogen) atoms. The first-order valence-corrected chi connectivity index (χ1v) is 21.4. The van der Waals surface area contributed by atoms with Crippen LogP contribution in [0.25, 0.3) is 0 Å². The maximum atomic E-state index is 12.3. The SMILES string of the molecule is CCCCCCCCCCCCCCCCCCCCCCC(=O)OC[C@H](COP(=O)(O)O)OC(=O)CCCCCCCCCCC. The summed E-state index contributed by atoms with van der Waals surface area (Å²) in [4.78, 5) is 42.6. The Labute approximate surface area is 289 Å². The Morgan fingerprint density at radius 3 is 1.09 bits per heavy atom. The lowest BCUT2D eigenvalue weighted by Crippen LogP contribution is -2.29. The highest BCUT2D eigenvalue weighted by Crippen LogP contribution is 2.36. The molecule has 8 nitrogen and oxygen atoms in total. The summed E-state index contributed by atoms with van der Waals surface area (Å²) in [5.74, 6) is -0.874. The quantitative estimate of drug-likeness (QED) is 0.0375. The molecule has 0 saturated heterocycles. The number of hydrogen-bond acceptors (Lipinski definition) is 6. The van der Waals surface area contributed by atoms with E-state index in [1.165, 1.54) is 141 Å². The third-order valence-electron chi connectivity index (χ3n) is 8.88. The molecule has 0 spiro atoms. The van der Waals surface area contributed by atoms with E-state index in [0.717, 1.165) is 38.5 Å². The number of phosphoric ester groups is 1. The summed E-state index contributed by atoms with van der Waals surface area (Å²) in [6.45, 7) is 3.67. The molecule has 280 valence electrons. The summed E-state index contributed by atoms with van der Waals surface area (Å²) in [7, 11) is -4.74. The van der Waals surface area contributed by atoms with Gasteiger partial charge < -0.3 is 19.3 Å². The lowest BCUT2D eigenvalue weighted by atomic mass is 10.0. The third kappa shape index (κ3) is 37.7. The minimum atomic E-state index is -4.74. The number of rotatable bonds is 37. The molecule has 0 aliphatic rings. The second-order valence-electron chi connectivity index (χ2n) is 13.6. The normalized spacial score (nSPS) is 12.3. The summed E-state index contributed by atoms with van der Waals surface area (Å²) in [5, 5.41) is 0. The molecule has 0 heterocycles. The van der Waals surface area contributed by atoms with E-state index in [-0.39, 0.29) is 19.4 Å². The van der Waals surface area contributed by atoms with Crippen LogP contribution >= 0.6 is 7.82 Å². The Bertz CT molecular complexity index is 741. The van der Waals surface area contributed by atoms with E-state index in [0.29, 0.717) is 6.42 Å².